The van der Waals surface area contributed by atoms with Crippen molar-refractivity contribution >= 4 is 17.7 Å². The number of carboxylic acids is 1. The number of thioether (sulfide) groups is 1. The maximum absolute atomic E-state index is 10.3. The van der Waals surface area contributed by atoms with E-state index in [0.717, 1.165) is 18.7 Å². The predicted octanol–water partition coefficient (Wildman–Crippen LogP) is 1.44. The third kappa shape index (κ3) is 2.50. The van der Waals surface area contributed by atoms with Crippen LogP contribution < -0.4 is 0 Å². The quantitative estimate of drug-likeness (QED) is 0.821. The Morgan fingerprint density at radius 2 is 2.40 bits per heavy atom. The van der Waals surface area contributed by atoms with E-state index < -0.39 is 5.97 Å². The van der Waals surface area contributed by atoms with Crippen molar-refractivity contribution in [2.75, 3.05) is 5.75 Å². The smallest absolute Gasteiger partial charge is 0.313 e. The fourth-order valence-electron chi connectivity index (χ4n) is 1.20. The molecule has 1 aromatic heterocycles. The molecule has 1 aliphatic carbocycles. The summed E-state index contributed by atoms with van der Waals surface area (Å²) in [6, 6.07) is 0. The molecule has 6 heteroatoms. The highest BCUT2D eigenvalue weighted by Crippen LogP contribution is 2.45. The summed E-state index contributed by atoms with van der Waals surface area (Å²) in [5.41, 5.74) is 0.110. The Bertz CT molecular complexity index is 373. The summed E-state index contributed by atoms with van der Waals surface area (Å²) in [6.45, 7) is 2.10. The molecule has 1 heterocycles. The number of aromatic nitrogens is 2. The zero-order valence-electron chi connectivity index (χ0n) is 8.39. The normalized spacial score (nSPS) is 17.7. The highest BCUT2D eigenvalue weighted by Gasteiger charge is 2.43. The molecule has 1 saturated carbocycles. The zero-order valence-corrected chi connectivity index (χ0v) is 9.21. The highest BCUT2D eigenvalue weighted by molar-refractivity contribution is 7.99. The number of hydrogen-bond acceptors (Lipinski definition) is 5. The summed E-state index contributed by atoms with van der Waals surface area (Å²) >= 11 is 1.26. The van der Waals surface area contributed by atoms with Crippen molar-refractivity contribution in [1.82, 2.24) is 10.1 Å². The van der Waals surface area contributed by atoms with Crippen LogP contribution >= 0.6 is 11.8 Å². The van der Waals surface area contributed by atoms with E-state index in [4.69, 9.17) is 9.63 Å². The van der Waals surface area contributed by atoms with Gasteiger partial charge in [0, 0.05) is 5.41 Å². The second-order valence-corrected chi connectivity index (χ2v) is 4.94. The number of nitrogens with zero attached hydrogens (tertiary/aromatic N) is 2. The van der Waals surface area contributed by atoms with E-state index in [1.165, 1.54) is 11.8 Å². The van der Waals surface area contributed by atoms with Gasteiger partial charge in [0.05, 0.1) is 11.5 Å². The molecule has 0 unspecified atom stereocenters. The molecular formula is C9H12N2O3S. The van der Waals surface area contributed by atoms with Gasteiger partial charge in [-0.15, -0.1) is 11.8 Å². The number of aliphatic carboxylic acids is 1. The minimum Gasteiger partial charge on any atom is -0.481 e. The number of rotatable bonds is 5. The molecule has 5 nitrogen and oxygen atoms in total. The molecule has 0 spiro atoms. The fraction of sp³-hybridized carbons (Fsp3) is 0.667. The van der Waals surface area contributed by atoms with Crippen LogP contribution in [0.3, 0.4) is 0 Å². The minimum atomic E-state index is -0.825. The zero-order chi connectivity index (χ0) is 10.9. The Balaban J connectivity index is 1.87. The fourth-order valence-corrected chi connectivity index (χ4v) is 1.76. The van der Waals surface area contributed by atoms with Gasteiger partial charge in [0.2, 0.25) is 5.89 Å². The van der Waals surface area contributed by atoms with E-state index in [2.05, 4.69) is 17.1 Å². The van der Waals surface area contributed by atoms with Crippen LogP contribution in [-0.2, 0) is 16.0 Å². The molecule has 2 rings (SSSR count). The van der Waals surface area contributed by atoms with E-state index in [9.17, 15) is 4.79 Å². The van der Waals surface area contributed by atoms with Crippen LogP contribution in [0.2, 0.25) is 0 Å². The molecule has 0 bridgehead atoms. The topological polar surface area (TPSA) is 76.2 Å². The Kier molecular flexibility index (Phi) is 2.68. The monoisotopic (exact) mass is 228 g/mol. The standard InChI is InChI=1S/C9H12N2O3S/c1-9(2-3-9)8-10-6(14-11-8)4-15-5-7(12)13/h2-5H2,1H3,(H,12,13). The minimum absolute atomic E-state index is 0.0645. The van der Waals surface area contributed by atoms with Crippen molar-refractivity contribution in [1.29, 1.82) is 0 Å². The molecular weight excluding hydrogens is 216 g/mol. The van der Waals surface area contributed by atoms with E-state index in [1.807, 2.05) is 0 Å². The van der Waals surface area contributed by atoms with Gasteiger partial charge in [-0.1, -0.05) is 12.1 Å². The molecule has 0 saturated heterocycles. The SMILES string of the molecule is CC1(c2noc(CSCC(=O)O)n2)CC1. The van der Waals surface area contributed by atoms with Crippen molar-refractivity contribution in [3.05, 3.63) is 11.7 Å². The second kappa shape index (κ2) is 3.84. The first-order valence-corrected chi connectivity index (χ1v) is 5.88. The molecule has 0 amide bonds. The Hall–Kier alpha value is -1.04. The van der Waals surface area contributed by atoms with Gasteiger partial charge in [-0.05, 0) is 12.8 Å². The van der Waals surface area contributed by atoms with Gasteiger partial charge in [-0.25, -0.2) is 0 Å². The van der Waals surface area contributed by atoms with Crippen molar-refractivity contribution in [3.63, 3.8) is 0 Å². The van der Waals surface area contributed by atoms with Crippen LogP contribution in [0.4, 0.5) is 0 Å². The lowest BCUT2D eigenvalue weighted by Gasteiger charge is -1.97. The lowest BCUT2D eigenvalue weighted by atomic mass is 10.1. The van der Waals surface area contributed by atoms with Crippen LogP contribution in [0.15, 0.2) is 4.52 Å². The van der Waals surface area contributed by atoms with Crippen molar-refractivity contribution < 1.29 is 14.4 Å². The molecule has 0 aromatic carbocycles. The molecule has 1 N–H and O–H groups in total. The summed E-state index contributed by atoms with van der Waals surface area (Å²) in [7, 11) is 0. The number of carbonyl (C=O) groups is 1. The Morgan fingerprint density at radius 1 is 1.67 bits per heavy atom. The van der Waals surface area contributed by atoms with Gasteiger partial charge in [0.1, 0.15) is 0 Å². The Morgan fingerprint density at radius 3 is 3.00 bits per heavy atom. The van der Waals surface area contributed by atoms with Gasteiger partial charge in [0.25, 0.3) is 0 Å². The van der Waals surface area contributed by atoms with Gasteiger partial charge >= 0.3 is 5.97 Å². The van der Waals surface area contributed by atoms with Gasteiger partial charge in [-0.2, -0.15) is 4.98 Å². The van der Waals surface area contributed by atoms with E-state index in [0.29, 0.717) is 11.6 Å². The summed E-state index contributed by atoms with van der Waals surface area (Å²) < 4.78 is 5.04. The molecule has 1 fully saturated rings. The lowest BCUT2D eigenvalue weighted by molar-refractivity contribution is -0.133. The van der Waals surface area contributed by atoms with Crippen molar-refractivity contribution in [2.24, 2.45) is 0 Å². The average molecular weight is 228 g/mol. The highest BCUT2D eigenvalue weighted by atomic mass is 32.2. The number of hydrogen-bond donors (Lipinski definition) is 1. The van der Waals surface area contributed by atoms with Crippen LogP contribution in [0, 0.1) is 0 Å². The van der Waals surface area contributed by atoms with Crippen LogP contribution in [0.1, 0.15) is 31.5 Å². The van der Waals surface area contributed by atoms with Crippen molar-refractivity contribution in [2.45, 2.75) is 30.9 Å². The van der Waals surface area contributed by atoms with Gasteiger partial charge in [0.15, 0.2) is 5.82 Å². The van der Waals surface area contributed by atoms with Crippen molar-refractivity contribution in [3.8, 4) is 0 Å². The molecule has 1 aromatic rings. The molecule has 15 heavy (non-hydrogen) atoms. The van der Waals surface area contributed by atoms with Gasteiger partial charge < -0.3 is 9.63 Å². The van der Waals surface area contributed by atoms with Crippen LogP contribution in [0.25, 0.3) is 0 Å². The predicted molar refractivity (Wildman–Crippen MR) is 54.7 cm³/mol. The summed E-state index contributed by atoms with van der Waals surface area (Å²) in [6.07, 6.45) is 2.21. The largest absolute Gasteiger partial charge is 0.481 e. The summed E-state index contributed by atoms with van der Waals surface area (Å²) in [5, 5.41) is 12.3. The molecule has 0 aliphatic heterocycles. The Labute approximate surface area is 91.2 Å². The molecule has 1 aliphatic rings. The first kappa shape index (κ1) is 10.5. The van der Waals surface area contributed by atoms with E-state index in [-0.39, 0.29) is 11.2 Å². The number of carboxylic acid groups (broad SMARTS) is 1. The average Bonchev–Trinajstić information content (AvgIpc) is 2.76. The maximum Gasteiger partial charge on any atom is 0.313 e. The van der Waals surface area contributed by atoms with E-state index in [1.54, 1.807) is 0 Å². The molecule has 0 atom stereocenters. The lowest BCUT2D eigenvalue weighted by Crippen LogP contribution is -2.02. The first-order chi connectivity index (χ1) is 7.10. The van der Waals surface area contributed by atoms with Crippen LogP contribution in [-0.4, -0.2) is 27.0 Å². The summed E-state index contributed by atoms with van der Waals surface area (Å²) in [5.74, 6) is 0.983. The van der Waals surface area contributed by atoms with E-state index >= 15 is 0 Å². The van der Waals surface area contributed by atoms with Crippen LogP contribution in [0.5, 0.6) is 0 Å². The first-order valence-electron chi connectivity index (χ1n) is 4.73. The third-order valence-electron chi connectivity index (χ3n) is 2.46. The maximum atomic E-state index is 10.3. The molecule has 82 valence electrons. The summed E-state index contributed by atoms with van der Waals surface area (Å²) in [4.78, 5) is 14.5. The van der Waals surface area contributed by atoms with Gasteiger partial charge in [-0.3, -0.25) is 4.79 Å². The second-order valence-electron chi connectivity index (χ2n) is 3.96. The molecule has 0 radical (unpaired) electrons. The third-order valence-corrected chi connectivity index (χ3v) is 3.36.